The first-order valence-electron chi connectivity index (χ1n) is 5.35. The minimum absolute atomic E-state index is 0.0370. The second-order valence-corrected chi connectivity index (χ2v) is 4.15. The number of hydrogen-bond donors (Lipinski definition) is 1. The fourth-order valence-electron chi connectivity index (χ4n) is 2.12. The number of hydrogen-bond acceptors (Lipinski definition) is 3. The van der Waals surface area contributed by atoms with Crippen LogP contribution >= 0.6 is 0 Å². The zero-order chi connectivity index (χ0) is 10.7. The number of carboxylic acid groups (broad SMARTS) is 1. The molecule has 5 heteroatoms. The highest BCUT2D eigenvalue weighted by molar-refractivity contribution is 5.69. The van der Waals surface area contributed by atoms with E-state index in [2.05, 4.69) is 10.3 Å². The van der Waals surface area contributed by atoms with E-state index in [1.54, 1.807) is 10.9 Å². The first-order valence-corrected chi connectivity index (χ1v) is 5.35. The summed E-state index contributed by atoms with van der Waals surface area (Å²) >= 11 is 0. The maximum atomic E-state index is 10.4. The normalized spacial score (nSPS) is 17.1. The van der Waals surface area contributed by atoms with E-state index in [0.29, 0.717) is 11.6 Å². The highest BCUT2D eigenvalue weighted by Crippen LogP contribution is 2.25. The summed E-state index contributed by atoms with van der Waals surface area (Å²) in [6, 6.07) is 0. The molecule has 1 aliphatic rings. The lowest BCUT2D eigenvalue weighted by Crippen LogP contribution is -2.07. The van der Waals surface area contributed by atoms with Gasteiger partial charge >= 0.3 is 5.97 Å². The molecule has 0 atom stereocenters. The highest BCUT2D eigenvalue weighted by atomic mass is 16.4. The Labute approximate surface area is 88.1 Å². The molecule has 1 saturated carbocycles. The minimum Gasteiger partial charge on any atom is -0.481 e. The fourth-order valence-corrected chi connectivity index (χ4v) is 2.12. The standard InChI is InChI=1S/C10H15N3O2/c14-10(15)5-9-7-13(12-11-9)6-8-3-1-2-4-8/h7-8H,1-6H2,(H,14,15). The van der Waals surface area contributed by atoms with Gasteiger partial charge in [0, 0.05) is 12.7 Å². The van der Waals surface area contributed by atoms with Gasteiger partial charge in [0.15, 0.2) is 0 Å². The van der Waals surface area contributed by atoms with Crippen LogP contribution in [0, 0.1) is 5.92 Å². The van der Waals surface area contributed by atoms with Crippen molar-refractivity contribution in [1.82, 2.24) is 15.0 Å². The molecule has 15 heavy (non-hydrogen) atoms. The van der Waals surface area contributed by atoms with Crippen LogP contribution < -0.4 is 0 Å². The summed E-state index contributed by atoms with van der Waals surface area (Å²) in [4.78, 5) is 10.4. The van der Waals surface area contributed by atoms with Crippen LogP contribution in [0.4, 0.5) is 0 Å². The van der Waals surface area contributed by atoms with Gasteiger partial charge in [-0.3, -0.25) is 9.48 Å². The van der Waals surface area contributed by atoms with Crippen LogP contribution in [0.5, 0.6) is 0 Å². The lowest BCUT2D eigenvalue weighted by Gasteiger charge is -2.06. The topological polar surface area (TPSA) is 68.0 Å². The number of carboxylic acids is 1. The molecular weight excluding hydrogens is 194 g/mol. The summed E-state index contributed by atoms with van der Waals surface area (Å²) in [6.45, 7) is 0.882. The van der Waals surface area contributed by atoms with E-state index in [9.17, 15) is 4.79 Å². The Kier molecular flexibility index (Phi) is 2.99. The largest absolute Gasteiger partial charge is 0.481 e. The smallest absolute Gasteiger partial charge is 0.309 e. The number of rotatable bonds is 4. The summed E-state index contributed by atoms with van der Waals surface area (Å²) < 4.78 is 1.77. The number of aliphatic carboxylic acids is 1. The first-order chi connectivity index (χ1) is 7.24. The van der Waals surface area contributed by atoms with Crippen LogP contribution in [-0.4, -0.2) is 26.1 Å². The van der Waals surface area contributed by atoms with Gasteiger partial charge in [-0.25, -0.2) is 0 Å². The van der Waals surface area contributed by atoms with Crippen LogP contribution in [0.3, 0.4) is 0 Å². The molecule has 1 aromatic heterocycles. The summed E-state index contributed by atoms with van der Waals surface area (Å²) in [5.74, 6) is -0.160. The molecule has 0 saturated heterocycles. The Hall–Kier alpha value is -1.39. The molecule has 1 aliphatic carbocycles. The molecule has 2 rings (SSSR count). The van der Waals surface area contributed by atoms with Crippen molar-refractivity contribution in [2.75, 3.05) is 0 Å². The van der Waals surface area contributed by atoms with Crippen LogP contribution in [0.25, 0.3) is 0 Å². The average molecular weight is 209 g/mol. The summed E-state index contributed by atoms with van der Waals surface area (Å²) in [6.07, 6.45) is 6.84. The van der Waals surface area contributed by atoms with Crippen LogP contribution in [0.15, 0.2) is 6.20 Å². The third kappa shape index (κ3) is 2.78. The second-order valence-electron chi connectivity index (χ2n) is 4.15. The van der Waals surface area contributed by atoms with Gasteiger partial charge in [0.1, 0.15) is 0 Å². The van der Waals surface area contributed by atoms with E-state index < -0.39 is 5.97 Å². The lowest BCUT2D eigenvalue weighted by atomic mass is 10.1. The SMILES string of the molecule is O=C(O)Cc1cn(CC2CCCC2)nn1. The first kappa shape index (κ1) is 10.1. The third-order valence-electron chi connectivity index (χ3n) is 2.84. The van der Waals surface area contributed by atoms with E-state index in [4.69, 9.17) is 5.11 Å². The van der Waals surface area contributed by atoms with Crippen molar-refractivity contribution in [3.8, 4) is 0 Å². The molecule has 0 bridgehead atoms. The molecule has 1 aromatic rings. The van der Waals surface area contributed by atoms with Crippen LogP contribution in [0.2, 0.25) is 0 Å². The van der Waals surface area contributed by atoms with Crippen LogP contribution in [0.1, 0.15) is 31.4 Å². The van der Waals surface area contributed by atoms with Gasteiger partial charge < -0.3 is 5.11 Å². The minimum atomic E-state index is -0.858. The molecular formula is C10H15N3O2. The molecule has 5 nitrogen and oxygen atoms in total. The molecule has 0 radical (unpaired) electrons. The van der Waals surface area contributed by atoms with E-state index >= 15 is 0 Å². The van der Waals surface area contributed by atoms with Crippen molar-refractivity contribution in [2.24, 2.45) is 5.92 Å². The molecule has 0 aromatic carbocycles. The fraction of sp³-hybridized carbons (Fsp3) is 0.700. The van der Waals surface area contributed by atoms with Gasteiger partial charge in [-0.1, -0.05) is 18.1 Å². The third-order valence-corrected chi connectivity index (χ3v) is 2.84. The van der Waals surface area contributed by atoms with Gasteiger partial charge in [-0.05, 0) is 18.8 Å². The molecule has 1 heterocycles. The molecule has 1 N–H and O–H groups in total. The average Bonchev–Trinajstić information content (AvgIpc) is 2.77. The van der Waals surface area contributed by atoms with E-state index in [1.165, 1.54) is 25.7 Å². The van der Waals surface area contributed by atoms with Gasteiger partial charge in [-0.15, -0.1) is 5.10 Å². The summed E-state index contributed by atoms with van der Waals surface area (Å²) in [7, 11) is 0. The molecule has 0 amide bonds. The van der Waals surface area contributed by atoms with Crippen molar-refractivity contribution in [2.45, 2.75) is 38.6 Å². The van der Waals surface area contributed by atoms with Crippen molar-refractivity contribution >= 4 is 5.97 Å². The molecule has 0 spiro atoms. The van der Waals surface area contributed by atoms with Crippen molar-refractivity contribution in [1.29, 1.82) is 0 Å². The van der Waals surface area contributed by atoms with Crippen molar-refractivity contribution in [3.05, 3.63) is 11.9 Å². The maximum Gasteiger partial charge on any atom is 0.309 e. The molecule has 0 unspecified atom stereocenters. The number of carbonyl (C=O) groups is 1. The number of aromatic nitrogens is 3. The maximum absolute atomic E-state index is 10.4. The van der Waals surface area contributed by atoms with Crippen molar-refractivity contribution in [3.63, 3.8) is 0 Å². The van der Waals surface area contributed by atoms with E-state index in [1.807, 2.05) is 0 Å². The zero-order valence-electron chi connectivity index (χ0n) is 8.59. The highest BCUT2D eigenvalue weighted by Gasteiger charge is 2.16. The molecule has 0 aliphatic heterocycles. The monoisotopic (exact) mass is 209 g/mol. The van der Waals surface area contributed by atoms with Crippen LogP contribution in [-0.2, 0) is 17.8 Å². The second kappa shape index (κ2) is 4.42. The molecule has 1 fully saturated rings. The zero-order valence-corrected chi connectivity index (χ0v) is 8.59. The predicted octanol–water partition coefficient (Wildman–Crippen LogP) is 1.10. The van der Waals surface area contributed by atoms with E-state index in [-0.39, 0.29) is 6.42 Å². The Bertz CT molecular complexity index is 342. The summed E-state index contributed by atoms with van der Waals surface area (Å²) in [5, 5.41) is 16.3. The predicted molar refractivity (Wildman–Crippen MR) is 53.3 cm³/mol. The summed E-state index contributed by atoms with van der Waals surface area (Å²) in [5.41, 5.74) is 0.542. The van der Waals surface area contributed by atoms with Gasteiger partial charge in [0.2, 0.25) is 0 Å². The molecule has 82 valence electrons. The Morgan fingerprint density at radius 1 is 1.53 bits per heavy atom. The quantitative estimate of drug-likeness (QED) is 0.806. The Morgan fingerprint density at radius 2 is 2.27 bits per heavy atom. The van der Waals surface area contributed by atoms with Gasteiger partial charge in [0.25, 0.3) is 0 Å². The lowest BCUT2D eigenvalue weighted by molar-refractivity contribution is -0.136. The number of nitrogens with zero attached hydrogens (tertiary/aromatic N) is 3. The van der Waals surface area contributed by atoms with Crippen molar-refractivity contribution < 1.29 is 9.90 Å². The Morgan fingerprint density at radius 3 is 2.93 bits per heavy atom. The Balaban J connectivity index is 1.91. The van der Waals surface area contributed by atoms with E-state index in [0.717, 1.165) is 6.54 Å². The van der Waals surface area contributed by atoms with Gasteiger partial charge in [-0.2, -0.15) is 0 Å². The van der Waals surface area contributed by atoms with Gasteiger partial charge in [0.05, 0.1) is 12.1 Å².